The summed E-state index contributed by atoms with van der Waals surface area (Å²) in [5.74, 6) is 0.579. The average Bonchev–Trinajstić information content (AvgIpc) is 3.62. The van der Waals surface area contributed by atoms with Gasteiger partial charge in [-0.2, -0.15) is 0 Å². The van der Waals surface area contributed by atoms with Crippen molar-refractivity contribution in [2.45, 2.75) is 18.9 Å². The van der Waals surface area contributed by atoms with Crippen LogP contribution in [0.3, 0.4) is 0 Å². The van der Waals surface area contributed by atoms with E-state index >= 15 is 0 Å². The number of nitrogens with one attached hydrogen (secondary N) is 3. The first-order chi connectivity index (χ1) is 17.2. The molecule has 0 fully saturated rings. The van der Waals surface area contributed by atoms with Crippen molar-refractivity contribution in [3.63, 3.8) is 0 Å². The number of methoxy groups -OCH3 is 1. The number of rotatable bonds is 6. The van der Waals surface area contributed by atoms with Gasteiger partial charge in [0.25, 0.3) is 5.91 Å². The maximum absolute atomic E-state index is 12.9. The Morgan fingerprint density at radius 1 is 1.09 bits per heavy atom. The Morgan fingerprint density at radius 2 is 1.86 bits per heavy atom. The van der Waals surface area contributed by atoms with E-state index in [1.165, 1.54) is 29.6 Å². The van der Waals surface area contributed by atoms with Gasteiger partial charge >= 0.3 is 0 Å². The van der Waals surface area contributed by atoms with E-state index < -0.39 is 0 Å². The molecule has 1 amide bonds. The van der Waals surface area contributed by atoms with Gasteiger partial charge in [0.2, 0.25) is 11.1 Å². The van der Waals surface area contributed by atoms with Gasteiger partial charge in [0.05, 0.1) is 18.2 Å². The molecule has 0 saturated heterocycles. The van der Waals surface area contributed by atoms with Crippen molar-refractivity contribution in [2.24, 2.45) is 0 Å². The Hall–Kier alpha value is -4.45. The first kappa shape index (κ1) is 21.1. The van der Waals surface area contributed by atoms with Crippen LogP contribution in [0.15, 0.2) is 48.8 Å². The molecule has 6 rings (SSSR count). The molecule has 0 bridgehead atoms. The summed E-state index contributed by atoms with van der Waals surface area (Å²) in [4.78, 5) is 21.7. The molecule has 35 heavy (non-hydrogen) atoms. The lowest BCUT2D eigenvalue weighted by atomic mass is 10.1. The molecule has 3 aromatic heterocycles. The molecule has 3 N–H and O–H groups in total. The van der Waals surface area contributed by atoms with Crippen molar-refractivity contribution in [3.8, 4) is 16.3 Å². The molecule has 5 aromatic rings. The first-order valence-electron chi connectivity index (χ1n) is 10.9. The maximum Gasteiger partial charge on any atom is 0.261 e. The number of aromatic amines is 1. The Labute approximate surface area is 203 Å². The van der Waals surface area contributed by atoms with E-state index in [-0.39, 0.29) is 11.9 Å². The number of hydrogen-bond acceptors (Lipinski definition) is 10. The second-order valence-electron chi connectivity index (χ2n) is 8.06. The van der Waals surface area contributed by atoms with Crippen LogP contribution in [0.2, 0.25) is 0 Å². The minimum atomic E-state index is -0.386. The van der Waals surface area contributed by atoms with E-state index in [9.17, 15) is 4.79 Å². The molecule has 174 valence electrons. The predicted molar refractivity (Wildman–Crippen MR) is 131 cm³/mol. The van der Waals surface area contributed by atoms with Crippen LogP contribution >= 0.6 is 11.3 Å². The number of fused-ring (bicyclic) bond motifs is 2. The molecular weight excluding hydrogens is 466 g/mol. The second-order valence-corrected chi connectivity index (χ2v) is 9.04. The van der Waals surface area contributed by atoms with Gasteiger partial charge < -0.3 is 10.1 Å². The van der Waals surface area contributed by atoms with Gasteiger partial charge in [-0.25, -0.2) is 9.97 Å². The largest absolute Gasteiger partial charge is 0.496 e. The Bertz CT molecular complexity index is 1500. The average molecular weight is 486 g/mol. The zero-order valence-electron chi connectivity index (χ0n) is 18.5. The number of benzene rings is 2. The van der Waals surface area contributed by atoms with Gasteiger partial charge in [-0.15, -0.1) is 15.3 Å². The fourth-order valence-corrected chi connectivity index (χ4v) is 4.84. The zero-order chi connectivity index (χ0) is 23.8. The summed E-state index contributed by atoms with van der Waals surface area (Å²) in [5, 5.41) is 25.8. The highest BCUT2D eigenvalue weighted by atomic mass is 32.1. The number of carbonyl (C=O) groups excluding carboxylic acids is 1. The van der Waals surface area contributed by atoms with E-state index in [2.05, 4.69) is 70.5 Å². The topological polar surface area (TPSA) is 143 Å². The molecule has 0 unspecified atom stereocenters. The molecule has 1 aliphatic rings. The van der Waals surface area contributed by atoms with Gasteiger partial charge in [-0.05, 0) is 30.0 Å². The number of nitrogens with zero attached hydrogens (tertiary/aromatic N) is 6. The molecule has 3 heterocycles. The van der Waals surface area contributed by atoms with Gasteiger partial charge in [-0.3, -0.25) is 15.2 Å². The minimum absolute atomic E-state index is 0.273. The van der Waals surface area contributed by atoms with Gasteiger partial charge in [0, 0.05) is 30.1 Å². The van der Waals surface area contributed by atoms with Crippen molar-refractivity contribution in [1.29, 1.82) is 0 Å². The molecular formula is C23H19N9O2S. The van der Waals surface area contributed by atoms with E-state index in [1.54, 1.807) is 24.5 Å². The fraction of sp³-hybridized carbons (Fsp3) is 0.174. The third kappa shape index (κ3) is 4.15. The molecule has 0 saturated carbocycles. The van der Waals surface area contributed by atoms with Crippen molar-refractivity contribution >= 4 is 39.4 Å². The standard InChI is InChI=1S/C23H19N9O2S/c1-34-19-9-18-17(28-32-29-18)8-16(19)20(33)27-23-31-30-21(35-23)14-10-24-22(25-11-14)26-15-6-12-4-2-3-5-13(12)7-15/h2-5,8-11,15H,6-7H2,1H3,(H,24,25,26)(H,27,31,33)(H,28,29,32). The predicted octanol–water partition coefficient (Wildman–Crippen LogP) is 3.11. The third-order valence-corrected chi connectivity index (χ3v) is 6.71. The lowest BCUT2D eigenvalue weighted by molar-refractivity contribution is 0.102. The van der Waals surface area contributed by atoms with E-state index in [4.69, 9.17) is 4.74 Å². The van der Waals surface area contributed by atoms with Crippen LogP contribution in [0.1, 0.15) is 21.5 Å². The number of ether oxygens (including phenoxy) is 1. The third-order valence-electron chi connectivity index (χ3n) is 5.82. The van der Waals surface area contributed by atoms with Crippen molar-refractivity contribution in [1.82, 2.24) is 35.6 Å². The molecule has 0 radical (unpaired) electrons. The van der Waals surface area contributed by atoms with Crippen LogP contribution in [0.5, 0.6) is 5.75 Å². The highest BCUT2D eigenvalue weighted by Crippen LogP contribution is 2.29. The number of aromatic nitrogens is 7. The summed E-state index contributed by atoms with van der Waals surface area (Å²) in [6.45, 7) is 0. The van der Waals surface area contributed by atoms with Crippen molar-refractivity contribution in [2.75, 3.05) is 17.7 Å². The van der Waals surface area contributed by atoms with Crippen molar-refractivity contribution in [3.05, 3.63) is 65.5 Å². The summed E-state index contributed by atoms with van der Waals surface area (Å²) in [6, 6.07) is 12.0. The molecule has 0 aliphatic heterocycles. The minimum Gasteiger partial charge on any atom is -0.496 e. The number of anilines is 2. The van der Waals surface area contributed by atoms with E-state index in [0.29, 0.717) is 44.0 Å². The smallest absolute Gasteiger partial charge is 0.261 e. The van der Waals surface area contributed by atoms with Gasteiger partial charge in [-0.1, -0.05) is 40.8 Å². The molecule has 0 spiro atoms. The Morgan fingerprint density at radius 3 is 2.60 bits per heavy atom. The van der Waals surface area contributed by atoms with Crippen LogP contribution in [-0.2, 0) is 12.8 Å². The van der Waals surface area contributed by atoms with Crippen LogP contribution in [0.4, 0.5) is 11.1 Å². The van der Waals surface area contributed by atoms with Crippen LogP contribution in [0, 0.1) is 0 Å². The summed E-state index contributed by atoms with van der Waals surface area (Å²) < 4.78 is 5.34. The van der Waals surface area contributed by atoms with E-state index in [0.717, 1.165) is 12.8 Å². The summed E-state index contributed by atoms with van der Waals surface area (Å²) in [5.41, 5.74) is 4.99. The highest BCUT2D eigenvalue weighted by Gasteiger charge is 2.22. The van der Waals surface area contributed by atoms with Crippen LogP contribution < -0.4 is 15.4 Å². The monoisotopic (exact) mass is 485 g/mol. The van der Waals surface area contributed by atoms with Gasteiger partial charge in [0.15, 0.2) is 5.01 Å². The lowest BCUT2D eigenvalue weighted by Gasteiger charge is -2.11. The van der Waals surface area contributed by atoms with Gasteiger partial charge in [0.1, 0.15) is 11.3 Å². The number of H-pyrrole nitrogens is 1. The molecule has 11 nitrogen and oxygen atoms in total. The number of hydrogen-bond donors (Lipinski definition) is 3. The summed E-state index contributed by atoms with van der Waals surface area (Å²) in [6.07, 6.45) is 5.31. The molecule has 12 heteroatoms. The number of carbonyl (C=O) groups is 1. The SMILES string of the molecule is COc1cc2[nH]nnc2cc1C(=O)Nc1nnc(-c2cnc(NC3Cc4ccccc4C3)nc2)s1. The quantitative estimate of drug-likeness (QED) is 0.330. The molecule has 2 aromatic carbocycles. The Balaban J connectivity index is 1.13. The van der Waals surface area contributed by atoms with Crippen LogP contribution in [0.25, 0.3) is 21.6 Å². The zero-order valence-corrected chi connectivity index (χ0v) is 19.3. The lowest BCUT2D eigenvalue weighted by Crippen LogP contribution is -2.20. The number of amides is 1. The normalized spacial score (nSPS) is 13.1. The molecule has 1 aliphatic carbocycles. The van der Waals surface area contributed by atoms with Crippen molar-refractivity contribution < 1.29 is 9.53 Å². The summed E-state index contributed by atoms with van der Waals surface area (Å²) in [7, 11) is 1.49. The maximum atomic E-state index is 12.9. The fourth-order valence-electron chi connectivity index (χ4n) is 4.13. The Kier molecular flexibility index (Phi) is 5.26. The van der Waals surface area contributed by atoms with E-state index in [1.807, 2.05) is 0 Å². The summed E-state index contributed by atoms with van der Waals surface area (Å²) >= 11 is 1.23. The highest BCUT2D eigenvalue weighted by molar-refractivity contribution is 7.18. The second kappa shape index (κ2) is 8.72. The first-order valence-corrected chi connectivity index (χ1v) is 11.7. The molecule has 0 atom stereocenters. The van der Waals surface area contributed by atoms with Crippen LogP contribution in [-0.4, -0.2) is 54.6 Å².